The number of allylic oxidation sites excluding steroid dienone is 1. The van der Waals surface area contributed by atoms with Crippen molar-refractivity contribution in [1.29, 1.82) is 0 Å². The van der Waals surface area contributed by atoms with Crippen molar-refractivity contribution >= 4 is 29.2 Å². The van der Waals surface area contributed by atoms with Gasteiger partial charge in [0.2, 0.25) is 5.96 Å². The van der Waals surface area contributed by atoms with E-state index in [1.165, 1.54) is 23.8 Å². The highest BCUT2D eigenvalue weighted by molar-refractivity contribution is 6.31. The Labute approximate surface area is 230 Å². The van der Waals surface area contributed by atoms with Gasteiger partial charge in [-0.25, -0.2) is 18.2 Å². The summed E-state index contributed by atoms with van der Waals surface area (Å²) in [6, 6.07) is 14.4. The number of guanidine groups is 1. The summed E-state index contributed by atoms with van der Waals surface area (Å²) in [6.07, 6.45) is 5.28. The van der Waals surface area contributed by atoms with Crippen molar-refractivity contribution in [3.8, 4) is 5.75 Å². The first kappa shape index (κ1) is 28.2. The number of methoxy groups -OCH3 is 1. The maximum atomic E-state index is 14.0. The first-order valence-electron chi connectivity index (χ1n) is 12.6. The van der Waals surface area contributed by atoms with Crippen molar-refractivity contribution in [2.45, 2.75) is 44.6 Å². The minimum Gasteiger partial charge on any atom is -0.497 e. The molecule has 0 aromatic heterocycles. The third-order valence-corrected chi connectivity index (χ3v) is 6.86. The third kappa shape index (κ3) is 7.63. The van der Waals surface area contributed by atoms with Gasteiger partial charge in [-0.3, -0.25) is 10.1 Å². The standard InChI is InChI=1S/C30H29ClF3N3O2/c1-3-18-4-5-20(19-6-9-26(39-2)10-7-19)13-24(12-18)35-30(36-25-16-22(31)15-23(32)17-25)37-29(38)21-8-11-27(33)28(34)14-21/h4,6-11,14-17,20,24H,3,5,12-13H2,1-2H3,(H2,35,36,37,38). The zero-order valence-corrected chi connectivity index (χ0v) is 22.4. The number of carbonyl (C=O) groups excluding carboxylic acids is 1. The molecule has 0 aliphatic heterocycles. The van der Waals surface area contributed by atoms with Crippen LogP contribution in [-0.2, 0) is 0 Å². The number of rotatable bonds is 6. The number of amides is 1. The van der Waals surface area contributed by atoms with Gasteiger partial charge in [0.25, 0.3) is 5.91 Å². The molecule has 3 aromatic carbocycles. The van der Waals surface area contributed by atoms with E-state index < -0.39 is 23.4 Å². The number of nitrogens with zero attached hydrogens (tertiary/aromatic N) is 1. The molecule has 39 heavy (non-hydrogen) atoms. The summed E-state index contributed by atoms with van der Waals surface area (Å²) in [5.41, 5.74) is 2.56. The van der Waals surface area contributed by atoms with Crippen molar-refractivity contribution < 1.29 is 22.7 Å². The lowest BCUT2D eigenvalue weighted by Gasteiger charge is -2.21. The highest BCUT2D eigenvalue weighted by Gasteiger charge is 2.23. The van der Waals surface area contributed by atoms with Crippen LogP contribution in [-0.4, -0.2) is 25.0 Å². The molecule has 0 bridgehead atoms. The first-order chi connectivity index (χ1) is 18.7. The van der Waals surface area contributed by atoms with Gasteiger partial charge >= 0.3 is 0 Å². The van der Waals surface area contributed by atoms with Crippen LogP contribution in [0.2, 0.25) is 5.02 Å². The zero-order chi connectivity index (χ0) is 27.9. The Morgan fingerprint density at radius 2 is 1.82 bits per heavy atom. The highest BCUT2D eigenvalue weighted by atomic mass is 35.5. The van der Waals surface area contributed by atoms with Gasteiger partial charge in [-0.15, -0.1) is 0 Å². The van der Waals surface area contributed by atoms with Gasteiger partial charge in [-0.2, -0.15) is 0 Å². The van der Waals surface area contributed by atoms with E-state index in [0.29, 0.717) is 12.8 Å². The molecule has 9 heteroatoms. The lowest BCUT2D eigenvalue weighted by Crippen LogP contribution is -2.37. The fourth-order valence-electron chi connectivity index (χ4n) is 4.60. The van der Waals surface area contributed by atoms with Crippen LogP contribution in [0.15, 0.2) is 77.3 Å². The van der Waals surface area contributed by atoms with E-state index in [9.17, 15) is 18.0 Å². The molecule has 0 fully saturated rings. The average Bonchev–Trinajstić information content (AvgIpc) is 3.11. The van der Waals surface area contributed by atoms with E-state index in [4.69, 9.17) is 21.3 Å². The molecule has 1 aliphatic carbocycles. The van der Waals surface area contributed by atoms with E-state index in [1.807, 2.05) is 24.3 Å². The Hall–Kier alpha value is -3.78. The van der Waals surface area contributed by atoms with Crippen molar-refractivity contribution in [3.05, 3.63) is 106 Å². The topological polar surface area (TPSA) is 62.7 Å². The smallest absolute Gasteiger partial charge is 0.258 e. The molecule has 2 unspecified atom stereocenters. The van der Waals surface area contributed by atoms with Gasteiger partial charge in [0.1, 0.15) is 11.6 Å². The van der Waals surface area contributed by atoms with Crippen LogP contribution < -0.4 is 15.4 Å². The summed E-state index contributed by atoms with van der Waals surface area (Å²) in [6.45, 7) is 2.08. The Morgan fingerprint density at radius 3 is 2.49 bits per heavy atom. The molecule has 204 valence electrons. The van der Waals surface area contributed by atoms with E-state index in [-0.39, 0.29) is 34.2 Å². The Morgan fingerprint density at radius 1 is 1.05 bits per heavy atom. The van der Waals surface area contributed by atoms with Gasteiger partial charge in [0.15, 0.2) is 11.6 Å². The number of hydrogen-bond donors (Lipinski definition) is 2. The van der Waals surface area contributed by atoms with Crippen LogP contribution in [0.4, 0.5) is 18.9 Å². The zero-order valence-electron chi connectivity index (χ0n) is 21.6. The number of hydrogen-bond acceptors (Lipinski definition) is 3. The lowest BCUT2D eigenvalue weighted by atomic mass is 9.90. The third-order valence-electron chi connectivity index (χ3n) is 6.64. The molecule has 1 amide bonds. The molecule has 2 atom stereocenters. The molecule has 2 N–H and O–H groups in total. The molecular formula is C30H29ClF3N3O2. The lowest BCUT2D eigenvalue weighted by molar-refractivity contribution is 0.0976. The van der Waals surface area contributed by atoms with Gasteiger partial charge in [0.05, 0.1) is 13.2 Å². The minimum absolute atomic E-state index is 0.0437. The monoisotopic (exact) mass is 555 g/mol. The van der Waals surface area contributed by atoms with Crippen LogP contribution >= 0.6 is 11.6 Å². The molecule has 5 nitrogen and oxygen atoms in total. The fourth-order valence-corrected chi connectivity index (χ4v) is 4.82. The van der Waals surface area contributed by atoms with E-state index in [1.54, 1.807) is 7.11 Å². The van der Waals surface area contributed by atoms with Crippen molar-refractivity contribution in [2.24, 2.45) is 4.99 Å². The second-order valence-electron chi connectivity index (χ2n) is 9.36. The Kier molecular flexibility index (Phi) is 9.30. The van der Waals surface area contributed by atoms with E-state index in [0.717, 1.165) is 42.4 Å². The maximum absolute atomic E-state index is 14.0. The highest BCUT2D eigenvalue weighted by Crippen LogP contribution is 2.34. The number of benzene rings is 3. The summed E-state index contributed by atoms with van der Waals surface area (Å²) >= 11 is 6.03. The van der Waals surface area contributed by atoms with Crippen LogP contribution in [0.25, 0.3) is 0 Å². The van der Waals surface area contributed by atoms with E-state index in [2.05, 4.69) is 23.6 Å². The largest absolute Gasteiger partial charge is 0.497 e. The predicted octanol–water partition coefficient (Wildman–Crippen LogP) is 7.64. The molecule has 1 aliphatic rings. The van der Waals surface area contributed by atoms with Crippen LogP contribution in [0.5, 0.6) is 5.75 Å². The maximum Gasteiger partial charge on any atom is 0.258 e. The molecule has 3 aromatic rings. The number of anilines is 1. The molecule has 4 rings (SSSR count). The summed E-state index contributed by atoms with van der Waals surface area (Å²) in [5.74, 6) is -2.49. The Bertz CT molecular complexity index is 1370. The molecule has 0 spiro atoms. The molecular weight excluding hydrogens is 527 g/mol. The van der Waals surface area contributed by atoms with Gasteiger partial charge in [-0.1, -0.05) is 42.3 Å². The minimum atomic E-state index is -1.14. The normalized spacial score (nSPS) is 17.7. The molecule has 0 saturated heterocycles. The number of aliphatic imine (C=N–C) groups is 1. The predicted molar refractivity (Wildman–Crippen MR) is 148 cm³/mol. The molecule has 0 saturated carbocycles. The van der Waals surface area contributed by atoms with Crippen molar-refractivity contribution in [3.63, 3.8) is 0 Å². The van der Waals surface area contributed by atoms with Gasteiger partial charge in [0, 0.05) is 16.3 Å². The Balaban J connectivity index is 1.66. The summed E-state index contributed by atoms with van der Waals surface area (Å²) in [4.78, 5) is 17.8. The fraction of sp³-hybridized carbons (Fsp3) is 0.267. The van der Waals surface area contributed by atoms with Gasteiger partial charge in [-0.05, 0) is 85.7 Å². The number of nitrogens with one attached hydrogen (secondary N) is 2. The number of ether oxygens (including phenoxy) is 1. The quantitative estimate of drug-likeness (QED) is 0.187. The average molecular weight is 556 g/mol. The SMILES string of the molecule is CCC1=CCC(c2ccc(OC)cc2)CC(N=C(NC(=O)c2ccc(F)c(F)c2)Nc2cc(F)cc(Cl)c2)C1. The molecule has 0 radical (unpaired) electrons. The van der Waals surface area contributed by atoms with Gasteiger partial charge < -0.3 is 10.1 Å². The summed E-state index contributed by atoms with van der Waals surface area (Å²) in [7, 11) is 1.62. The van der Waals surface area contributed by atoms with Crippen LogP contribution in [0, 0.1) is 17.5 Å². The summed E-state index contributed by atoms with van der Waals surface area (Å²) < 4.78 is 46.5. The van der Waals surface area contributed by atoms with E-state index >= 15 is 0 Å². The number of carbonyl (C=O) groups is 1. The summed E-state index contributed by atoms with van der Waals surface area (Å²) in [5, 5.41) is 5.76. The van der Waals surface area contributed by atoms with Crippen molar-refractivity contribution in [1.82, 2.24) is 5.32 Å². The second kappa shape index (κ2) is 12.8. The van der Waals surface area contributed by atoms with Crippen LogP contribution in [0.3, 0.4) is 0 Å². The van der Waals surface area contributed by atoms with Crippen LogP contribution in [0.1, 0.15) is 54.4 Å². The van der Waals surface area contributed by atoms with Crippen molar-refractivity contribution in [2.75, 3.05) is 12.4 Å². The molecule has 0 heterocycles. The second-order valence-corrected chi connectivity index (χ2v) is 9.80. The number of halogens is 4. The first-order valence-corrected chi connectivity index (χ1v) is 13.0.